The molecule has 0 bridgehead atoms. The molecule has 1 unspecified atom stereocenters. The van der Waals surface area contributed by atoms with Gasteiger partial charge in [-0.1, -0.05) is 15.9 Å². The molecule has 1 aromatic rings. The van der Waals surface area contributed by atoms with Gasteiger partial charge in [-0.15, -0.1) is 24.0 Å². The van der Waals surface area contributed by atoms with Crippen LogP contribution in [0.25, 0.3) is 0 Å². The zero-order valence-electron chi connectivity index (χ0n) is 14.4. The lowest BCUT2D eigenvalue weighted by atomic mass is 10.2. The van der Waals surface area contributed by atoms with Crippen molar-refractivity contribution in [2.75, 3.05) is 32.9 Å². The molecule has 1 aliphatic rings. The van der Waals surface area contributed by atoms with Crippen LogP contribution in [0.15, 0.2) is 27.7 Å². The number of aliphatic imine (C=N–C) groups is 1. The van der Waals surface area contributed by atoms with Crippen LogP contribution in [0.3, 0.4) is 0 Å². The Labute approximate surface area is 174 Å². The van der Waals surface area contributed by atoms with E-state index in [4.69, 9.17) is 9.47 Å². The first-order valence-corrected chi connectivity index (χ1v) is 9.13. The normalized spacial score (nSPS) is 17.2. The second-order valence-corrected chi connectivity index (χ2v) is 6.48. The van der Waals surface area contributed by atoms with E-state index in [-0.39, 0.29) is 42.4 Å². The van der Waals surface area contributed by atoms with E-state index in [1.165, 1.54) is 6.07 Å². The third kappa shape index (κ3) is 8.65. The number of hydrogen-bond acceptors (Lipinski definition) is 3. The van der Waals surface area contributed by atoms with Gasteiger partial charge in [0.2, 0.25) is 0 Å². The predicted molar refractivity (Wildman–Crippen MR) is 112 cm³/mol. The third-order valence-electron chi connectivity index (χ3n) is 3.61. The first-order chi connectivity index (χ1) is 11.7. The maximum atomic E-state index is 13.7. The zero-order valence-corrected chi connectivity index (χ0v) is 18.3. The summed E-state index contributed by atoms with van der Waals surface area (Å²) in [5, 5.41) is 6.41. The zero-order chi connectivity index (χ0) is 17.2. The maximum absolute atomic E-state index is 13.7. The van der Waals surface area contributed by atoms with E-state index in [1.54, 1.807) is 12.1 Å². The first kappa shape index (κ1) is 22.6. The minimum absolute atomic E-state index is 0. The molecule has 0 spiro atoms. The number of benzene rings is 1. The summed E-state index contributed by atoms with van der Waals surface area (Å²) in [6.07, 6.45) is 2.11. The third-order valence-corrected chi connectivity index (χ3v) is 4.11. The molecule has 8 heteroatoms. The molecular formula is C17H26BrFIN3O2. The van der Waals surface area contributed by atoms with Crippen LogP contribution in [0.4, 0.5) is 4.39 Å². The number of hydrogen-bond donors (Lipinski definition) is 2. The Morgan fingerprint density at radius 2 is 2.28 bits per heavy atom. The highest BCUT2D eigenvalue weighted by molar-refractivity contribution is 14.0. The maximum Gasteiger partial charge on any atom is 0.191 e. The highest BCUT2D eigenvalue weighted by Crippen LogP contribution is 2.16. The van der Waals surface area contributed by atoms with Gasteiger partial charge < -0.3 is 20.1 Å². The molecule has 0 radical (unpaired) electrons. The van der Waals surface area contributed by atoms with Gasteiger partial charge in [-0.3, -0.25) is 0 Å². The molecule has 5 nitrogen and oxygen atoms in total. The van der Waals surface area contributed by atoms with Gasteiger partial charge in [-0.05, 0) is 38.0 Å². The van der Waals surface area contributed by atoms with Crippen molar-refractivity contribution >= 4 is 45.9 Å². The van der Waals surface area contributed by atoms with Crippen LogP contribution in [0.1, 0.15) is 25.3 Å². The van der Waals surface area contributed by atoms with Crippen LogP contribution in [-0.2, 0) is 16.0 Å². The molecule has 142 valence electrons. The molecule has 0 aromatic heterocycles. The summed E-state index contributed by atoms with van der Waals surface area (Å²) in [7, 11) is 0. The highest BCUT2D eigenvalue weighted by atomic mass is 127. The number of halogens is 3. The largest absolute Gasteiger partial charge is 0.379 e. The lowest BCUT2D eigenvalue weighted by molar-refractivity contribution is 0.0420. The SMILES string of the molecule is CCNC(=NCc1cc(Br)ccc1F)NCCCOC1CCOC1.I. The van der Waals surface area contributed by atoms with E-state index in [1.807, 2.05) is 6.92 Å². The summed E-state index contributed by atoms with van der Waals surface area (Å²) in [6, 6.07) is 4.88. The van der Waals surface area contributed by atoms with Crippen molar-refractivity contribution in [1.82, 2.24) is 10.6 Å². The van der Waals surface area contributed by atoms with E-state index in [2.05, 4.69) is 31.6 Å². The van der Waals surface area contributed by atoms with Crippen molar-refractivity contribution < 1.29 is 13.9 Å². The summed E-state index contributed by atoms with van der Waals surface area (Å²) < 4.78 is 25.6. The Morgan fingerprint density at radius 1 is 1.44 bits per heavy atom. The standard InChI is InChI=1S/C17H25BrFN3O2.HI/c1-2-20-17(21-7-3-8-24-15-6-9-23-12-15)22-11-13-10-14(18)4-5-16(13)19;/h4-5,10,15H,2-3,6-9,11-12H2,1H3,(H2,20,21,22);1H. The van der Waals surface area contributed by atoms with Crippen molar-refractivity contribution in [3.8, 4) is 0 Å². The van der Waals surface area contributed by atoms with E-state index in [0.717, 1.165) is 37.0 Å². The van der Waals surface area contributed by atoms with Crippen LogP contribution in [0.5, 0.6) is 0 Å². The van der Waals surface area contributed by atoms with E-state index in [9.17, 15) is 4.39 Å². The molecule has 25 heavy (non-hydrogen) atoms. The first-order valence-electron chi connectivity index (χ1n) is 8.34. The summed E-state index contributed by atoms with van der Waals surface area (Å²) in [5.41, 5.74) is 0.561. The van der Waals surface area contributed by atoms with Crippen molar-refractivity contribution in [2.24, 2.45) is 4.99 Å². The lowest BCUT2D eigenvalue weighted by Gasteiger charge is -2.13. The Morgan fingerprint density at radius 3 is 3.00 bits per heavy atom. The van der Waals surface area contributed by atoms with Gasteiger partial charge in [-0.2, -0.15) is 0 Å². The fourth-order valence-electron chi connectivity index (χ4n) is 2.34. The van der Waals surface area contributed by atoms with Gasteiger partial charge in [0, 0.05) is 36.3 Å². The van der Waals surface area contributed by atoms with Gasteiger partial charge in [0.05, 0.1) is 19.3 Å². The van der Waals surface area contributed by atoms with E-state index >= 15 is 0 Å². The van der Waals surface area contributed by atoms with Crippen LogP contribution in [0.2, 0.25) is 0 Å². The summed E-state index contributed by atoms with van der Waals surface area (Å²) in [4.78, 5) is 4.43. The molecule has 0 aliphatic carbocycles. The van der Waals surface area contributed by atoms with Crippen molar-refractivity contribution in [2.45, 2.75) is 32.4 Å². The number of rotatable bonds is 8. The van der Waals surface area contributed by atoms with Crippen LogP contribution >= 0.6 is 39.9 Å². The average Bonchev–Trinajstić information content (AvgIpc) is 3.08. The number of nitrogens with zero attached hydrogens (tertiary/aromatic N) is 1. The molecule has 1 aromatic carbocycles. The molecule has 0 amide bonds. The predicted octanol–water partition coefficient (Wildman–Crippen LogP) is 3.46. The van der Waals surface area contributed by atoms with Crippen LogP contribution in [-0.4, -0.2) is 45.0 Å². The fourth-order valence-corrected chi connectivity index (χ4v) is 2.75. The van der Waals surface area contributed by atoms with E-state index in [0.29, 0.717) is 24.7 Å². The molecule has 1 aliphatic heterocycles. The van der Waals surface area contributed by atoms with Crippen LogP contribution in [0, 0.1) is 5.82 Å². The van der Waals surface area contributed by atoms with Gasteiger partial charge in [0.25, 0.3) is 0 Å². The minimum atomic E-state index is -0.245. The van der Waals surface area contributed by atoms with Crippen molar-refractivity contribution in [3.05, 3.63) is 34.1 Å². The summed E-state index contributed by atoms with van der Waals surface area (Å²) in [6.45, 7) is 5.99. The smallest absolute Gasteiger partial charge is 0.191 e. The summed E-state index contributed by atoms with van der Waals surface area (Å²) in [5.74, 6) is 0.436. The molecule has 1 saturated heterocycles. The molecule has 1 heterocycles. The monoisotopic (exact) mass is 529 g/mol. The quantitative estimate of drug-likeness (QED) is 0.234. The molecule has 1 atom stereocenters. The topological polar surface area (TPSA) is 54.9 Å². The molecule has 2 rings (SSSR count). The average molecular weight is 530 g/mol. The Bertz CT molecular complexity index is 543. The molecule has 1 fully saturated rings. The lowest BCUT2D eigenvalue weighted by Crippen LogP contribution is -2.38. The minimum Gasteiger partial charge on any atom is -0.379 e. The Hall–Kier alpha value is -0.450. The molecule has 0 saturated carbocycles. The summed E-state index contributed by atoms with van der Waals surface area (Å²) >= 11 is 3.35. The Kier molecular flexibility index (Phi) is 11.6. The van der Waals surface area contributed by atoms with Gasteiger partial charge in [-0.25, -0.2) is 9.38 Å². The highest BCUT2D eigenvalue weighted by Gasteiger charge is 2.15. The van der Waals surface area contributed by atoms with Crippen molar-refractivity contribution in [3.63, 3.8) is 0 Å². The molecular weight excluding hydrogens is 504 g/mol. The van der Waals surface area contributed by atoms with E-state index < -0.39 is 0 Å². The second-order valence-electron chi connectivity index (χ2n) is 5.57. The van der Waals surface area contributed by atoms with Crippen LogP contribution < -0.4 is 10.6 Å². The Balaban J connectivity index is 0.00000312. The number of nitrogens with one attached hydrogen (secondary N) is 2. The second kappa shape index (κ2) is 12.8. The fraction of sp³-hybridized carbons (Fsp3) is 0.588. The van der Waals surface area contributed by atoms with Crippen molar-refractivity contribution in [1.29, 1.82) is 0 Å². The number of ether oxygens (including phenoxy) is 2. The molecule has 2 N–H and O–H groups in total. The van der Waals surface area contributed by atoms with Gasteiger partial charge >= 0.3 is 0 Å². The van der Waals surface area contributed by atoms with Gasteiger partial charge in [0.15, 0.2) is 5.96 Å². The number of guanidine groups is 1. The van der Waals surface area contributed by atoms with Gasteiger partial charge in [0.1, 0.15) is 5.82 Å².